The number of hydrogen-bond donors (Lipinski definition) is 0. The van der Waals surface area contributed by atoms with Crippen molar-refractivity contribution in [1.82, 2.24) is 10.2 Å². The molecule has 23 heavy (non-hydrogen) atoms. The van der Waals surface area contributed by atoms with Crippen LogP contribution in [0.25, 0.3) is 11.5 Å². The number of cyclic esters (lactones) is 1. The van der Waals surface area contributed by atoms with E-state index < -0.39 is 0 Å². The van der Waals surface area contributed by atoms with Crippen molar-refractivity contribution >= 4 is 17.7 Å². The van der Waals surface area contributed by atoms with Crippen molar-refractivity contribution in [3.05, 3.63) is 18.2 Å². The number of hydrogen-bond acceptors (Lipinski definition) is 8. The van der Waals surface area contributed by atoms with E-state index in [2.05, 4.69) is 10.2 Å². The quantitative estimate of drug-likeness (QED) is 0.588. The van der Waals surface area contributed by atoms with E-state index in [1.54, 1.807) is 26.4 Å². The maximum atomic E-state index is 11.1. The number of rotatable bonds is 6. The number of carbonyl (C=O) groups is 1. The average molecular weight is 336 g/mol. The maximum Gasteiger partial charge on any atom is 0.306 e. The van der Waals surface area contributed by atoms with Crippen molar-refractivity contribution in [3.63, 3.8) is 0 Å². The molecule has 1 aromatic carbocycles. The first kappa shape index (κ1) is 15.7. The fraction of sp³-hybridized carbons (Fsp3) is 0.400. The van der Waals surface area contributed by atoms with Gasteiger partial charge in [-0.3, -0.25) is 4.79 Å². The molecule has 0 spiro atoms. The first-order valence-corrected chi connectivity index (χ1v) is 8.06. The molecule has 8 heteroatoms. The van der Waals surface area contributed by atoms with Gasteiger partial charge in [0.15, 0.2) is 11.5 Å². The van der Waals surface area contributed by atoms with Gasteiger partial charge in [0.2, 0.25) is 5.89 Å². The van der Waals surface area contributed by atoms with Gasteiger partial charge in [-0.25, -0.2) is 0 Å². The molecule has 0 aliphatic carbocycles. The molecular weight excluding hydrogens is 320 g/mol. The zero-order chi connectivity index (χ0) is 16.2. The Kier molecular flexibility index (Phi) is 4.71. The number of ether oxygens (including phenoxy) is 3. The lowest BCUT2D eigenvalue weighted by Crippen LogP contribution is -2.09. The fourth-order valence-electron chi connectivity index (χ4n) is 2.22. The second kappa shape index (κ2) is 6.91. The summed E-state index contributed by atoms with van der Waals surface area (Å²) in [7, 11) is 3.15. The Morgan fingerprint density at radius 2 is 2.09 bits per heavy atom. The highest BCUT2D eigenvalue weighted by atomic mass is 32.2. The van der Waals surface area contributed by atoms with Crippen molar-refractivity contribution in [2.45, 2.75) is 24.2 Å². The van der Waals surface area contributed by atoms with E-state index in [1.165, 1.54) is 11.8 Å². The van der Waals surface area contributed by atoms with Gasteiger partial charge in [-0.2, -0.15) is 0 Å². The molecule has 0 amide bonds. The summed E-state index contributed by atoms with van der Waals surface area (Å²) in [5.74, 6) is 2.09. The SMILES string of the molecule is COc1ccc(-c2nnc(SCC3CCC(=O)O3)o2)cc1OC. The number of nitrogens with zero attached hydrogens (tertiary/aromatic N) is 2. The molecule has 1 fully saturated rings. The van der Waals surface area contributed by atoms with Crippen LogP contribution in [0.4, 0.5) is 0 Å². The molecule has 0 radical (unpaired) electrons. The van der Waals surface area contributed by atoms with E-state index in [0.29, 0.717) is 34.8 Å². The van der Waals surface area contributed by atoms with Crippen molar-refractivity contribution in [3.8, 4) is 23.0 Å². The van der Waals surface area contributed by atoms with E-state index in [1.807, 2.05) is 6.07 Å². The summed E-state index contributed by atoms with van der Waals surface area (Å²) in [6.07, 6.45) is 1.14. The molecule has 2 heterocycles. The summed E-state index contributed by atoms with van der Waals surface area (Å²) in [4.78, 5) is 11.1. The molecule has 7 nitrogen and oxygen atoms in total. The molecule has 1 aromatic heterocycles. The summed E-state index contributed by atoms with van der Waals surface area (Å²) < 4.78 is 21.2. The normalized spacial score (nSPS) is 17.1. The standard InChI is InChI=1S/C15H16N2O5S/c1-19-11-5-3-9(7-12(11)20-2)14-16-17-15(22-14)23-8-10-4-6-13(18)21-10/h3,5,7,10H,4,6,8H2,1-2H3. The number of aromatic nitrogens is 2. The van der Waals surface area contributed by atoms with Gasteiger partial charge in [0.25, 0.3) is 5.22 Å². The third-order valence-corrected chi connectivity index (χ3v) is 4.35. The number of esters is 1. The van der Waals surface area contributed by atoms with E-state index in [4.69, 9.17) is 18.6 Å². The van der Waals surface area contributed by atoms with Crippen LogP contribution in [-0.2, 0) is 9.53 Å². The second-order valence-electron chi connectivity index (χ2n) is 4.90. The predicted octanol–water partition coefficient (Wildman–Crippen LogP) is 2.55. The van der Waals surface area contributed by atoms with Crippen LogP contribution < -0.4 is 9.47 Å². The first-order valence-electron chi connectivity index (χ1n) is 7.08. The lowest BCUT2D eigenvalue weighted by Gasteiger charge is -2.07. The number of carbonyl (C=O) groups excluding carboxylic acids is 1. The Morgan fingerprint density at radius 3 is 2.78 bits per heavy atom. The van der Waals surface area contributed by atoms with Gasteiger partial charge >= 0.3 is 5.97 Å². The molecular formula is C15H16N2O5S. The summed E-state index contributed by atoms with van der Waals surface area (Å²) >= 11 is 1.38. The number of benzene rings is 1. The summed E-state index contributed by atoms with van der Waals surface area (Å²) in [5.41, 5.74) is 0.745. The Hall–Kier alpha value is -2.22. The Balaban J connectivity index is 1.68. The van der Waals surface area contributed by atoms with Crippen LogP contribution in [0, 0.1) is 0 Å². The highest BCUT2D eigenvalue weighted by molar-refractivity contribution is 7.99. The van der Waals surface area contributed by atoms with Crippen LogP contribution >= 0.6 is 11.8 Å². The van der Waals surface area contributed by atoms with E-state index in [-0.39, 0.29) is 12.1 Å². The van der Waals surface area contributed by atoms with Crippen molar-refractivity contribution in [1.29, 1.82) is 0 Å². The minimum atomic E-state index is -0.146. The van der Waals surface area contributed by atoms with E-state index in [0.717, 1.165) is 12.0 Å². The summed E-state index contributed by atoms with van der Waals surface area (Å²) in [6, 6.07) is 5.38. The Bertz CT molecular complexity index is 703. The number of methoxy groups -OCH3 is 2. The van der Waals surface area contributed by atoms with E-state index >= 15 is 0 Å². The molecule has 3 rings (SSSR count). The van der Waals surface area contributed by atoms with Gasteiger partial charge in [-0.15, -0.1) is 10.2 Å². The Morgan fingerprint density at radius 1 is 1.26 bits per heavy atom. The zero-order valence-corrected chi connectivity index (χ0v) is 13.6. The molecule has 2 aromatic rings. The van der Waals surface area contributed by atoms with Crippen LogP contribution in [0.15, 0.2) is 27.8 Å². The van der Waals surface area contributed by atoms with Crippen LogP contribution in [0.3, 0.4) is 0 Å². The third kappa shape index (κ3) is 3.58. The average Bonchev–Trinajstić information content (AvgIpc) is 3.21. The lowest BCUT2D eigenvalue weighted by atomic mass is 10.2. The molecule has 1 atom stereocenters. The van der Waals surface area contributed by atoms with Gasteiger partial charge in [-0.1, -0.05) is 11.8 Å². The van der Waals surface area contributed by atoms with Gasteiger partial charge < -0.3 is 18.6 Å². The van der Waals surface area contributed by atoms with Gasteiger partial charge in [0.1, 0.15) is 6.10 Å². The first-order chi connectivity index (χ1) is 11.2. The molecule has 1 aliphatic heterocycles. The largest absolute Gasteiger partial charge is 0.493 e. The van der Waals surface area contributed by atoms with Crippen molar-refractivity contribution < 1.29 is 23.4 Å². The lowest BCUT2D eigenvalue weighted by molar-refractivity contribution is -0.140. The third-order valence-electron chi connectivity index (χ3n) is 3.40. The van der Waals surface area contributed by atoms with Crippen LogP contribution in [-0.4, -0.2) is 42.2 Å². The predicted molar refractivity (Wildman–Crippen MR) is 82.7 cm³/mol. The molecule has 0 saturated carbocycles. The van der Waals surface area contributed by atoms with E-state index in [9.17, 15) is 4.79 Å². The highest BCUT2D eigenvalue weighted by Gasteiger charge is 2.24. The topological polar surface area (TPSA) is 83.7 Å². The highest BCUT2D eigenvalue weighted by Crippen LogP contribution is 2.33. The molecule has 1 saturated heterocycles. The summed E-state index contributed by atoms with van der Waals surface area (Å²) in [5, 5.41) is 8.48. The fourth-order valence-corrected chi connectivity index (χ4v) is 3.02. The molecule has 1 unspecified atom stereocenters. The van der Waals surface area contributed by atoms with Gasteiger partial charge in [-0.05, 0) is 24.6 Å². The van der Waals surface area contributed by atoms with Crippen molar-refractivity contribution in [2.75, 3.05) is 20.0 Å². The smallest absolute Gasteiger partial charge is 0.306 e. The molecule has 122 valence electrons. The molecule has 0 N–H and O–H groups in total. The van der Waals surface area contributed by atoms with Crippen LogP contribution in [0.2, 0.25) is 0 Å². The minimum Gasteiger partial charge on any atom is -0.493 e. The minimum absolute atomic E-state index is 0.0797. The number of thioether (sulfide) groups is 1. The van der Waals surface area contributed by atoms with Gasteiger partial charge in [0.05, 0.1) is 14.2 Å². The van der Waals surface area contributed by atoms with Crippen LogP contribution in [0.1, 0.15) is 12.8 Å². The summed E-state index contributed by atoms with van der Waals surface area (Å²) in [6.45, 7) is 0. The Labute approximate surface area is 137 Å². The molecule has 0 bridgehead atoms. The molecule has 1 aliphatic rings. The van der Waals surface area contributed by atoms with Crippen molar-refractivity contribution in [2.24, 2.45) is 0 Å². The monoisotopic (exact) mass is 336 g/mol. The maximum absolute atomic E-state index is 11.1. The second-order valence-corrected chi connectivity index (χ2v) is 5.88. The van der Waals surface area contributed by atoms with Gasteiger partial charge in [0, 0.05) is 17.7 Å². The zero-order valence-electron chi connectivity index (χ0n) is 12.8. The van der Waals surface area contributed by atoms with Crippen LogP contribution in [0.5, 0.6) is 11.5 Å².